The van der Waals surface area contributed by atoms with Gasteiger partial charge in [0.05, 0.1) is 17.7 Å². The Bertz CT molecular complexity index is 728. The molecule has 2 aromatic rings. The maximum absolute atomic E-state index is 12.5. The van der Waals surface area contributed by atoms with E-state index >= 15 is 0 Å². The first-order valence-corrected chi connectivity index (χ1v) is 9.38. The molecule has 2 heterocycles. The number of piperazine rings is 1. The molecule has 1 aromatic carbocycles. The van der Waals surface area contributed by atoms with Gasteiger partial charge in [-0.1, -0.05) is 0 Å². The third-order valence-electron chi connectivity index (χ3n) is 4.60. The van der Waals surface area contributed by atoms with Crippen molar-refractivity contribution in [2.45, 2.75) is 19.5 Å². The van der Waals surface area contributed by atoms with Gasteiger partial charge in [0.1, 0.15) is 0 Å². The lowest BCUT2D eigenvalue weighted by Crippen LogP contribution is -2.52. The predicted octanol–water partition coefficient (Wildman–Crippen LogP) is 2.76. The van der Waals surface area contributed by atoms with Gasteiger partial charge in [-0.15, -0.1) is 0 Å². The highest BCUT2D eigenvalue weighted by atomic mass is 32.1. The van der Waals surface area contributed by atoms with Crippen LogP contribution in [0.25, 0.3) is 0 Å². The molecule has 0 bridgehead atoms. The highest BCUT2D eigenvalue weighted by Crippen LogP contribution is 2.14. The Morgan fingerprint density at radius 3 is 2.56 bits per heavy atom. The van der Waals surface area contributed by atoms with E-state index in [2.05, 4.69) is 38.0 Å². The molecule has 1 N–H and O–H groups in total. The SMILES string of the molecule is C[C@H](C(=O)Nc1ccc(C#N)cc1)N1CCN(Cc2ccsc2)CC1. The number of hydrogen-bond donors (Lipinski definition) is 1. The zero-order chi connectivity index (χ0) is 17.6. The van der Waals surface area contributed by atoms with Crippen LogP contribution in [-0.4, -0.2) is 47.9 Å². The topological polar surface area (TPSA) is 59.4 Å². The van der Waals surface area contributed by atoms with Crippen molar-refractivity contribution in [2.24, 2.45) is 0 Å². The number of nitrogens with zero attached hydrogens (tertiary/aromatic N) is 3. The number of carbonyl (C=O) groups is 1. The molecule has 1 aliphatic rings. The summed E-state index contributed by atoms with van der Waals surface area (Å²) in [4.78, 5) is 17.1. The van der Waals surface area contributed by atoms with Gasteiger partial charge in [-0.2, -0.15) is 16.6 Å². The van der Waals surface area contributed by atoms with E-state index in [1.165, 1.54) is 5.56 Å². The van der Waals surface area contributed by atoms with Crippen LogP contribution in [0.15, 0.2) is 41.1 Å². The van der Waals surface area contributed by atoms with Crippen LogP contribution in [-0.2, 0) is 11.3 Å². The summed E-state index contributed by atoms with van der Waals surface area (Å²) in [5, 5.41) is 16.1. The lowest BCUT2D eigenvalue weighted by Gasteiger charge is -2.37. The Labute approximate surface area is 152 Å². The van der Waals surface area contributed by atoms with Crippen molar-refractivity contribution in [3.8, 4) is 6.07 Å². The summed E-state index contributed by atoms with van der Waals surface area (Å²) in [6, 6.07) is 11.0. The summed E-state index contributed by atoms with van der Waals surface area (Å²) >= 11 is 1.73. The fraction of sp³-hybridized carbons (Fsp3) is 0.368. The zero-order valence-electron chi connectivity index (χ0n) is 14.3. The number of amides is 1. The standard InChI is InChI=1S/C19H22N4OS/c1-15(19(24)21-18-4-2-16(12-20)3-5-18)23-9-7-22(8-10-23)13-17-6-11-25-14-17/h2-6,11,14-15H,7-10,13H2,1H3,(H,21,24)/t15-/m1/s1. The van der Waals surface area contributed by atoms with Crippen LogP contribution in [0.1, 0.15) is 18.1 Å². The Hall–Kier alpha value is -2.20. The van der Waals surface area contributed by atoms with Crippen molar-refractivity contribution in [1.82, 2.24) is 9.80 Å². The molecule has 5 nitrogen and oxygen atoms in total. The Morgan fingerprint density at radius 2 is 1.96 bits per heavy atom. The zero-order valence-corrected chi connectivity index (χ0v) is 15.1. The molecule has 25 heavy (non-hydrogen) atoms. The smallest absolute Gasteiger partial charge is 0.241 e. The van der Waals surface area contributed by atoms with Crippen LogP contribution < -0.4 is 5.32 Å². The summed E-state index contributed by atoms with van der Waals surface area (Å²) in [6.45, 7) is 6.68. The minimum Gasteiger partial charge on any atom is -0.325 e. The van der Waals surface area contributed by atoms with Gasteiger partial charge in [0.25, 0.3) is 0 Å². The van der Waals surface area contributed by atoms with Crippen LogP contribution in [0.5, 0.6) is 0 Å². The molecule has 1 amide bonds. The van der Waals surface area contributed by atoms with Gasteiger partial charge < -0.3 is 5.32 Å². The maximum atomic E-state index is 12.5. The second-order valence-corrected chi connectivity index (χ2v) is 7.08. The molecule has 1 aliphatic heterocycles. The average molecular weight is 354 g/mol. The second kappa shape index (κ2) is 8.26. The normalized spacial score (nSPS) is 17.0. The minimum absolute atomic E-state index is 0.00371. The highest BCUT2D eigenvalue weighted by Gasteiger charge is 2.25. The van der Waals surface area contributed by atoms with Crippen molar-refractivity contribution < 1.29 is 4.79 Å². The van der Waals surface area contributed by atoms with Crippen molar-refractivity contribution in [3.63, 3.8) is 0 Å². The molecule has 0 radical (unpaired) electrons. The fourth-order valence-electron chi connectivity index (χ4n) is 2.99. The molecule has 0 spiro atoms. The maximum Gasteiger partial charge on any atom is 0.241 e. The molecule has 6 heteroatoms. The Morgan fingerprint density at radius 1 is 1.24 bits per heavy atom. The van der Waals surface area contributed by atoms with Crippen molar-refractivity contribution in [1.29, 1.82) is 5.26 Å². The van der Waals surface area contributed by atoms with E-state index in [0.717, 1.165) is 38.4 Å². The molecule has 0 unspecified atom stereocenters. The number of thiophene rings is 1. The number of nitriles is 1. The molecule has 1 atom stereocenters. The third kappa shape index (κ3) is 4.67. The molecular weight excluding hydrogens is 332 g/mol. The minimum atomic E-state index is -0.168. The summed E-state index contributed by atoms with van der Waals surface area (Å²) in [5.41, 5.74) is 2.68. The van der Waals surface area contributed by atoms with Crippen molar-refractivity contribution in [2.75, 3.05) is 31.5 Å². The van der Waals surface area contributed by atoms with E-state index < -0.39 is 0 Å². The van der Waals surface area contributed by atoms with Crippen LogP contribution in [0.2, 0.25) is 0 Å². The van der Waals surface area contributed by atoms with Gasteiger partial charge in [0.2, 0.25) is 5.91 Å². The number of anilines is 1. The first-order valence-electron chi connectivity index (χ1n) is 8.44. The molecule has 1 aromatic heterocycles. The van der Waals surface area contributed by atoms with Gasteiger partial charge >= 0.3 is 0 Å². The summed E-state index contributed by atoms with van der Waals surface area (Å²) < 4.78 is 0. The van der Waals surface area contributed by atoms with Gasteiger partial charge in [-0.3, -0.25) is 14.6 Å². The van der Waals surface area contributed by atoms with Crippen LogP contribution >= 0.6 is 11.3 Å². The van der Waals surface area contributed by atoms with E-state index in [9.17, 15) is 4.79 Å². The van der Waals surface area contributed by atoms with Gasteiger partial charge in [-0.25, -0.2) is 0 Å². The summed E-state index contributed by atoms with van der Waals surface area (Å²) in [5.74, 6) is -0.00371. The van der Waals surface area contributed by atoms with E-state index in [1.807, 2.05) is 6.92 Å². The van der Waals surface area contributed by atoms with E-state index in [4.69, 9.17) is 5.26 Å². The number of carbonyl (C=O) groups excluding carboxylic acids is 1. The molecule has 1 saturated heterocycles. The van der Waals surface area contributed by atoms with Crippen LogP contribution in [0, 0.1) is 11.3 Å². The monoisotopic (exact) mass is 354 g/mol. The number of nitrogens with one attached hydrogen (secondary N) is 1. The second-order valence-electron chi connectivity index (χ2n) is 6.30. The van der Waals surface area contributed by atoms with Crippen molar-refractivity contribution >= 4 is 22.9 Å². The largest absolute Gasteiger partial charge is 0.325 e. The van der Waals surface area contributed by atoms with E-state index in [0.29, 0.717) is 5.56 Å². The first kappa shape index (κ1) is 17.6. The fourth-order valence-corrected chi connectivity index (χ4v) is 3.65. The number of benzene rings is 1. The van der Waals surface area contributed by atoms with E-state index in [1.54, 1.807) is 35.6 Å². The molecular formula is C19H22N4OS. The summed E-state index contributed by atoms with van der Waals surface area (Å²) in [6.07, 6.45) is 0. The number of rotatable bonds is 5. The first-order chi connectivity index (χ1) is 12.2. The van der Waals surface area contributed by atoms with Crippen molar-refractivity contribution in [3.05, 3.63) is 52.2 Å². The lowest BCUT2D eigenvalue weighted by atomic mass is 10.2. The van der Waals surface area contributed by atoms with Crippen LogP contribution in [0.3, 0.4) is 0 Å². The van der Waals surface area contributed by atoms with Gasteiger partial charge in [0.15, 0.2) is 0 Å². The quantitative estimate of drug-likeness (QED) is 0.897. The number of hydrogen-bond acceptors (Lipinski definition) is 5. The van der Waals surface area contributed by atoms with Crippen LogP contribution in [0.4, 0.5) is 5.69 Å². The molecule has 0 aliphatic carbocycles. The van der Waals surface area contributed by atoms with Gasteiger partial charge in [-0.05, 0) is 53.6 Å². The molecule has 0 saturated carbocycles. The Kier molecular flexibility index (Phi) is 5.82. The summed E-state index contributed by atoms with van der Waals surface area (Å²) in [7, 11) is 0. The van der Waals surface area contributed by atoms with E-state index in [-0.39, 0.29) is 11.9 Å². The lowest BCUT2D eigenvalue weighted by molar-refractivity contribution is -0.121. The average Bonchev–Trinajstić information content (AvgIpc) is 3.15. The molecule has 1 fully saturated rings. The molecule has 3 rings (SSSR count). The molecule has 130 valence electrons. The Balaban J connectivity index is 1.48. The van der Waals surface area contributed by atoms with Gasteiger partial charge in [0, 0.05) is 38.4 Å². The predicted molar refractivity (Wildman–Crippen MR) is 100 cm³/mol. The third-order valence-corrected chi connectivity index (χ3v) is 5.33. The highest BCUT2D eigenvalue weighted by molar-refractivity contribution is 7.07.